The predicted octanol–water partition coefficient (Wildman–Crippen LogP) is 1.36. The molecule has 1 unspecified atom stereocenters. The van der Waals surface area contributed by atoms with Crippen molar-refractivity contribution in [3.05, 3.63) is 18.0 Å². The van der Waals surface area contributed by atoms with Crippen molar-refractivity contribution in [2.75, 3.05) is 0 Å². The Labute approximate surface area is 96.5 Å². The molecule has 2 N–H and O–H groups in total. The summed E-state index contributed by atoms with van der Waals surface area (Å²) in [5.74, 6) is 0. The number of halogens is 3. The summed E-state index contributed by atoms with van der Waals surface area (Å²) in [5.41, 5.74) is -0.478. The standard InChI is InChI=1S/C8H12F3N3O2S/c1-5(2)14-4-6(3-13-14)7(8(9,10)11)17(12,15)16/h3-5,7H,1-2H3,(H2,12,15,16). The molecule has 1 heterocycles. The number of hydrogen-bond donors (Lipinski definition) is 1. The van der Waals surface area contributed by atoms with Crippen LogP contribution in [0.2, 0.25) is 0 Å². The van der Waals surface area contributed by atoms with E-state index in [-0.39, 0.29) is 6.04 Å². The molecule has 0 fully saturated rings. The second kappa shape index (κ2) is 4.30. The lowest BCUT2D eigenvalue weighted by Crippen LogP contribution is -2.33. The lowest BCUT2D eigenvalue weighted by atomic mass is 10.2. The number of alkyl halides is 3. The van der Waals surface area contributed by atoms with E-state index >= 15 is 0 Å². The first-order valence-corrected chi connectivity index (χ1v) is 6.27. The summed E-state index contributed by atoms with van der Waals surface area (Å²) in [6.07, 6.45) is -3.06. The lowest BCUT2D eigenvalue weighted by Gasteiger charge is -2.16. The number of rotatable bonds is 3. The van der Waals surface area contributed by atoms with E-state index in [1.165, 1.54) is 4.68 Å². The van der Waals surface area contributed by atoms with Gasteiger partial charge in [0.05, 0.1) is 6.20 Å². The van der Waals surface area contributed by atoms with E-state index in [9.17, 15) is 21.6 Å². The Hall–Kier alpha value is -1.09. The van der Waals surface area contributed by atoms with Crippen molar-refractivity contribution in [1.29, 1.82) is 0 Å². The summed E-state index contributed by atoms with van der Waals surface area (Å²) in [4.78, 5) is 0. The first kappa shape index (κ1) is 14.0. The average molecular weight is 271 g/mol. The van der Waals surface area contributed by atoms with E-state index in [2.05, 4.69) is 10.2 Å². The normalized spacial score (nSPS) is 15.2. The van der Waals surface area contributed by atoms with Crippen LogP contribution in [0.3, 0.4) is 0 Å². The molecule has 0 amide bonds. The van der Waals surface area contributed by atoms with Gasteiger partial charge in [0.2, 0.25) is 10.0 Å². The highest BCUT2D eigenvalue weighted by atomic mass is 32.2. The van der Waals surface area contributed by atoms with Crippen molar-refractivity contribution in [2.24, 2.45) is 5.14 Å². The van der Waals surface area contributed by atoms with Crippen molar-refractivity contribution >= 4 is 10.0 Å². The number of nitrogens with zero attached hydrogens (tertiary/aromatic N) is 2. The molecule has 0 bridgehead atoms. The minimum absolute atomic E-state index is 0.168. The highest BCUT2D eigenvalue weighted by molar-refractivity contribution is 7.89. The van der Waals surface area contributed by atoms with Gasteiger partial charge in [-0.1, -0.05) is 0 Å². The summed E-state index contributed by atoms with van der Waals surface area (Å²) in [6, 6.07) is -0.168. The highest BCUT2D eigenvalue weighted by Crippen LogP contribution is 2.37. The molecule has 5 nitrogen and oxygen atoms in total. The molecule has 0 radical (unpaired) electrons. The van der Waals surface area contributed by atoms with Crippen LogP contribution < -0.4 is 5.14 Å². The van der Waals surface area contributed by atoms with Crippen LogP contribution in [0.5, 0.6) is 0 Å². The van der Waals surface area contributed by atoms with Gasteiger partial charge in [-0.2, -0.15) is 18.3 Å². The van der Waals surface area contributed by atoms with Gasteiger partial charge >= 0.3 is 6.18 Å². The zero-order valence-corrected chi connectivity index (χ0v) is 9.96. The van der Waals surface area contributed by atoms with Crippen LogP contribution in [0.1, 0.15) is 30.7 Å². The lowest BCUT2D eigenvalue weighted by molar-refractivity contribution is -0.131. The fraction of sp³-hybridized carbons (Fsp3) is 0.625. The maximum absolute atomic E-state index is 12.6. The molecule has 1 aromatic rings. The molecule has 9 heteroatoms. The Kier molecular flexibility index (Phi) is 3.53. The zero-order valence-electron chi connectivity index (χ0n) is 9.14. The fourth-order valence-corrected chi connectivity index (χ4v) is 2.21. The summed E-state index contributed by atoms with van der Waals surface area (Å²) >= 11 is 0. The third kappa shape index (κ3) is 3.19. The van der Waals surface area contributed by atoms with Gasteiger partial charge in [-0.05, 0) is 13.8 Å². The van der Waals surface area contributed by atoms with Gasteiger partial charge in [-0.25, -0.2) is 13.6 Å². The number of primary sulfonamides is 1. The highest BCUT2D eigenvalue weighted by Gasteiger charge is 2.49. The van der Waals surface area contributed by atoms with Crippen LogP contribution in [-0.4, -0.2) is 24.4 Å². The number of hydrogen-bond acceptors (Lipinski definition) is 3. The molecule has 0 aliphatic heterocycles. The van der Waals surface area contributed by atoms with Crippen molar-refractivity contribution < 1.29 is 21.6 Å². The average Bonchev–Trinajstić information content (AvgIpc) is 2.46. The SMILES string of the molecule is CC(C)n1cc(C(C(F)(F)F)S(N)(=O)=O)cn1. The number of nitrogens with two attached hydrogens (primary N) is 1. The molecule has 98 valence electrons. The number of sulfonamides is 1. The maximum Gasteiger partial charge on any atom is 0.410 e. The van der Waals surface area contributed by atoms with Gasteiger partial charge in [-0.15, -0.1) is 0 Å². The van der Waals surface area contributed by atoms with Gasteiger partial charge in [0.25, 0.3) is 0 Å². The molecule has 0 spiro atoms. The summed E-state index contributed by atoms with van der Waals surface area (Å²) < 4.78 is 61.0. The third-order valence-corrected chi connectivity index (χ3v) is 3.28. The fourth-order valence-electron chi connectivity index (χ4n) is 1.34. The van der Waals surface area contributed by atoms with Crippen LogP contribution in [0, 0.1) is 0 Å². The van der Waals surface area contributed by atoms with Gasteiger partial charge < -0.3 is 0 Å². The largest absolute Gasteiger partial charge is 0.410 e. The van der Waals surface area contributed by atoms with Crippen LogP contribution in [0.25, 0.3) is 0 Å². The van der Waals surface area contributed by atoms with Gasteiger partial charge in [0, 0.05) is 17.8 Å². The maximum atomic E-state index is 12.6. The van der Waals surface area contributed by atoms with E-state index in [0.29, 0.717) is 0 Å². The molecule has 0 saturated heterocycles. The molecule has 0 aliphatic carbocycles. The topological polar surface area (TPSA) is 78.0 Å². The smallest absolute Gasteiger partial charge is 0.270 e. The summed E-state index contributed by atoms with van der Waals surface area (Å²) in [7, 11) is -4.77. The molecular weight excluding hydrogens is 259 g/mol. The Morgan fingerprint density at radius 1 is 1.41 bits per heavy atom. The van der Waals surface area contributed by atoms with Crippen molar-refractivity contribution in [2.45, 2.75) is 31.3 Å². The van der Waals surface area contributed by atoms with E-state index in [0.717, 1.165) is 12.4 Å². The molecular formula is C8H12F3N3O2S. The van der Waals surface area contributed by atoms with Gasteiger partial charge in [0.15, 0.2) is 5.25 Å². The Morgan fingerprint density at radius 2 is 1.94 bits per heavy atom. The minimum atomic E-state index is -4.96. The van der Waals surface area contributed by atoms with Crippen molar-refractivity contribution in [3.63, 3.8) is 0 Å². The Morgan fingerprint density at radius 3 is 2.24 bits per heavy atom. The molecule has 1 atom stereocenters. The van der Waals surface area contributed by atoms with E-state index in [1.807, 2.05) is 0 Å². The molecule has 0 saturated carbocycles. The van der Waals surface area contributed by atoms with Crippen molar-refractivity contribution in [3.8, 4) is 0 Å². The van der Waals surface area contributed by atoms with E-state index < -0.39 is 27.0 Å². The molecule has 17 heavy (non-hydrogen) atoms. The number of aromatic nitrogens is 2. The van der Waals surface area contributed by atoms with Gasteiger partial charge in [-0.3, -0.25) is 4.68 Å². The second-order valence-corrected chi connectivity index (χ2v) is 5.51. The van der Waals surface area contributed by atoms with Crippen LogP contribution >= 0.6 is 0 Å². The van der Waals surface area contributed by atoms with Crippen LogP contribution in [0.15, 0.2) is 12.4 Å². The monoisotopic (exact) mass is 271 g/mol. The van der Waals surface area contributed by atoms with E-state index in [4.69, 9.17) is 0 Å². The quantitative estimate of drug-likeness (QED) is 0.901. The molecule has 0 aromatic carbocycles. The third-order valence-electron chi connectivity index (χ3n) is 2.08. The van der Waals surface area contributed by atoms with Crippen molar-refractivity contribution in [1.82, 2.24) is 9.78 Å². The zero-order chi connectivity index (χ0) is 13.4. The molecule has 1 rings (SSSR count). The molecule has 1 aromatic heterocycles. The Balaban J connectivity index is 3.24. The van der Waals surface area contributed by atoms with Crippen LogP contribution in [-0.2, 0) is 10.0 Å². The minimum Gasteiger partial charge on any atom is -0.270 e. The molecule has 0 aliphatic rings. The van der Waals surface area contributed by atoms with Gasteiger partial charge in [0.1, 0.15) is 0 Å². The Bertz CT molecular complexity index is 492. The van der Waals surface area contributed by atoms with Crippen LogP contribution in [0.4, 0.5) is 13.2 Å². The second-order valence-electron chi connectivity index (χ2n) is 3.86. The summed E-state index contributed by atoms with van der Waals surface area (Å²) in [6.45, 7) is 3.41. The van der Waals surface area contributed by atoms with E-state index in [1.54, 1.807) is 13.8 Å². The first-order chi connectivity index (χ1) is 7.53. The first-order valence-electron chi connectivity index (χ1n) is 4.66. The summed E-state index contributed by atoms with van der Waals surface area (Å²) in [5, 5.41) is 5.52. The predicted molar refractivity (Wildman–Crippen MR) is 54.5 cm³/mol.